The molecule has 1 atom stereocenters. The molecule has 1 unspecified atom stereocenters. The summed E-state index contributed by atoms with van der Waals surface area (Å²) < 4.78 is 36.2. The number of hydrogen-bond acceptors (Lipinski definition) is 4. The second-order valence-corrected chi connectivity index (χ2v) is 7.43. The summed E-state index contributed by atoms with van der Waals surface area (Å²) in [4.78, 5) is 0. The predicted molar refractivity (Wildman–Crippen MR) is 102 cm³/mol. The van der Waals surface area contributed by atoms with Crippen LogP contribution in [0.15, 0.2) is 30.3 Å². The van der Waals surface area contributed by atoms with Crippen molar-refractivity contribution in [1.82, 2.24) is 0 Å². The van der Waals surface area contributed by atoms with Gasteiger partial charge in [-0.2, -0.15) is 0 Å². The molecule has 7 heteroatoms. The molecule has 0 aromatic heterocycles. The molecule has 5 nitrogen and oxygen atoms in total. The van der Waals surface area contributed by atoms with Crippen molar-refractivity contribution < 1.29 is 51.8 Å². The van der Waals surface area contributed by atoms with Crippen LogP contribution in [-0.2, 0) is 6.42 Å². The Morgan fingerprint density at radius 1 is 1.21 bits per heavy atom. The molecule has 154 valence electrons. The van der Waals surface area contributed by atoms with Gasteiger partial charge in [0.05, 0.1) is 33.3 Å². The highest BCUT2D eigenvalue weighted by molar-refractivity contribution is 5.62. The predicted octanol–water partition coefficient (Wildman–Crippen LogP) is 0.323. The standard InChI is InChI=1S/C22H23FNO4.HI/c1-24(2)11-10-15-13-19-21(28-14-27-19)22(25-3)20(15)18(24)5-4-12-26-17-8-6-16(23)7-9-17;/h6-9,13,18H,10-12,14H2,1-3H3;1H/q+1;/p-1. The highest BCUT2D eigenvalue weighted by Crippen LogP contribution is 2.50. The summed E-state index contributed by atoms with van der Waals surface area (Å²) in [6.07, 6.45) is 0.916. The molecule has 4 rings (SSSR count). The van der Waals surface area contributed by atoms with Gasteiger partial charge in [0.2, 0.25) is 12.5 Å². The average Bonchev–Trinajstić information content (AvgIpc) is 3.14. The molecular weight excluding hydrogens is 488 g/mol. The summed E-state index contributed by atoms with van der Waals surface area (Å²) in [6.45, 7) is 1.38. The van der Waals surface area contributed by atoms with Crippen molar-refractivity contribution in [3.05, 3.63) is 47.3 Å². The quantitative estimate of drug-likeness (QED) is 0.338. The van der Waals surface area contributed by atoms with Gasteiger partial charge in [-0.3, -0.25) is 0 Å². The van der Waals surface area contributed by atoms with E-state index in [0.717, 1.165) is 24.3 Å². The third-order valence-electron chi connectivity index (χ3n) is 5.24. The molecule has 2 aliphatic heterocycles. The topological polar surface area (TPSA) is 36.9 Å². The monoisotopic (exact) mass is 511 g/mol. The van der Waals surface area contributed by atoms with E-state index in [1.165, 1.54) is 17.7 Å². The number of fused-ring (bicyclic) bond motifs is 2. The number of quaternary nitrogens is 1. The highest BCUT2D eigenvalue weighted by atomic mass is 127. The lowest BCUT2D eigenvalue weighted by atomic mass is 9.89. The Hall–Kier alpha value is -2.18. The molecule has 2 heterocycles. The minimum atomic E-state index is -0.290. The molecule has 0 bridgehead atoms. The molecule has 0 saturated heterocycles. The van der Waals surface area contributed by atoms with Gasteiger partial charge >= 0.3 is 0 Å². The summed E-state index contributed by atoms with van der Waals surface area (Å²) in [6, 6.07) is 7.89. The number of halogens is 2. The van der Waals surface area contributed by atoms with Crippen molar-refractivity contribution in [2.24, 2.45) is 0 Å². The maximum Gasteiger partial charge on any atom is 0.231 e. The van der Waals surface area contributed by atoms with Crippen LogP contribution in [0.3, 0.4) is 0 Å². The van der Waals surface area contributed by atoms with Gasteiger partial charge in [-0.15, -0.1) is 0 Å². The van der Waals surface area contributed by atoms with Crippen LogP contribution in [-0.4, -0.2) is 45.6 Å². The van der Waals surface area contributed by atoms with Crippen LogP contribution < -0.4 is 42.9 Å². The Kier molecular flexibility index (Phi) is 6.44. The zero-order valence-electron chi connectivity index (χ0n) is 16.6. The molecule has 0 saturated carbocycles. The van der Waals surface area contributed by atoms with Gasteiger partial charge in [-0.25, -0.2) is 4.39 Å². The fraction of sp³-hybridized carbons (Fsp3) is 0.364. The number of likely N-dealkylation sites (N-methyl/N-ethyl adjacent to an activating group) is 1. The Labute approximate surface area is 187 Å². The lowest BCUT2D eigenvalue weighted by Gasteiger charge is -2.40. The first-order valence-corrected chi connectivity index (χ1v) is 9.18. The number of ether oxygens (including phenoxy) is 4. The molecule has 0 N–H and O–H groups in total. The third-order valence-corrected chi connectivity index (χ3v) is 5.24. The van der Waals surface area contributed by atoms with Crippen molar-refractivity contribution in [1.29, 1.82) is 0 Å². The largest absolute Gasteiger partial charge is 1.00 e. The molecule has 2 aromatic carbocycles. The van der Waals surface area contributed by atoms with E-state index in [-0.39, 0.29) is 49.2 Å². The number of methoxy groups -OCH3 is 1. The van der Waals surface area contributed by atoms with E-state index in [2.05, 4.69) is 25.9 Å². The average molecular weight is 511 g/mol. The third kappa shape index (κ3) is 4.23. The summed E-state index contributed by atoms with van der Waals surface area (Å²) >= 11 is 0. The van der Waals surface area contributed by atoms with Crippen LogP contribution in [0.1, 0.15) is 17.2 Å². The molecule has 0 radical (unpaired) electrons. The molecule has 0 amide bonds. The lowest BCUT2D eigenvalue weighted by Crippen LogP contribution is -3.00. The van der Waals surface area contributed by atoms with Gasteiger partial charge in [-0.05, 0) is 41.8 Å². The molecule has 2 aromatic rings. The van der Waals surface area contributed by atoms with Crippen molar-refractivity contribution in [2.45, 2.75) is 12.5 Å². The molecule has 29 heavy (non-hydrogen) atoms. The summed E-state index contributed by atoms with van der Waals surface area (Å²) in [5.41, 5.74) is 2.23. The molecular formula is C22H23FINO4. The number of hydrogen-bond donors (Lipinski definition) is 0. The summed E-state index contributed by atoms with van der Waals surface area (Å²) in [7, 11) is 5.97. The Morgan fingerprint density at radius 3 is 2.69 bits per heavy atom. The van der Waals surface area contributed by atoms with Crippen molar-refractivity contribution in [3.63, 3.8) is 0 Å². The van der Waals surface area contributed by atoms with Gasteiger partial charge in [0.25, 0.3) is 0 Å². The smallest absolute Gasteiger partial charge is 0.231 e. The Balaban J connectivity index is 0.00000240. The van der Waals surface area contributed by atoms with E-state index in [9.17, 15) is 4.39 Å². The van der Waals surface area contributed by atoms with E-state index in [1.807, 2.05) is 6.07 Å². The second-order valence-electron chi connectivity index (χ2n) is 7.43. The van der Waals surface area contributed by atoms with Crippen molar-refractivity contribution in [2.75, 3.05) is 41.1 Å². The first-order chi connectivity index (χ1) is 13.5. The van der Waals surface area contributed by atoms with E-state index in [1.54, 1.807) is 19.2 Å². The molecule has 0 spiro atoms. The maximum atomic E-state index is 13.0. The Bertz CT molecular complexity index is 950. The van der Waals surface area contributed by atoms with Gasteiger partial charge in [0.15, 0.2) is 17.5 Å². The second kappa shape index (κ2) is 8.67. The SMILES string of the molecule is COc1c2c(cc3c1C(C#CCOc1ccc(F)cc1)[N+](C)(C)CC3)OCO2.[I-]. The van der Waals surface area contributed by atoms with Crippen molar-refractivity contribution in [3.8, 4) is 34.8 Å². The Morgan fingerprint density at radius 2 is 1.97 bits per heavy atom. The normalized spacial score (nSPS) is 18.0. The fourth-order valence-electron chi connectivity index (χ4n) is 3.71. The van der Waals surface area contributed by atoms with Gasteiger partial charge in [0, 0.05) is 6.42 Å². The molecule has 2 aliphatic rings. The van der Waals surface area contributed by atoms with Crippen LogP contribution >= 0.6 is 0 Å². The first-order valence-electron chi connectivity index (χ1n) is 9.18. The van der Waals surface area contributed by atoms with E-state index < -0.39 is 0 Å². The van der Waals surface area contributed by atoms with Crippen LogP contribution in [0.5, 0.6) is 23.0 Å². The zero-order chi connectivity index (χ0) is 19.7. The van der Waals surface area contributed by atoms with Crippen LogP contribution in [0.4, 0.5) is 4.39 Å². The molecule has 0 aliphatic carbocycles. The van der Waals surface area contributed by atoms with E-state index >= 15 is 0 Å². The first kappa shape index (κ1) is 21.5. The zero-order valence-corrected chi connectivity index (χ0v) is 18.8. The minimum absolute atomic E-state index is 0. The maximum absolute atomic E-state index is 13.0. The minimum Gasteiger partial charge on any atom is -1.00 e. The van der Waals surface area contributed by atoms with E-state index in [0.29, 0.717) is 21.7 Å². The number of benzene rings is 2. The number of nitrogens with zero attached hydrogens (tertiary/aromatic N) is 1. The van der Waals surface area contributed by atoms with Gasteiger partial charge in [0.1, 0.15) is 18.2 Å². The van der Waals surface area contributed by atoms with Gasteiger partial charge < -0.3 is 47.4 Å². The van der Waals surface area contributed by atoms with Crippen LogP contribution in [0, 0.1) is 17.7 Å². The van der Waals surface area contributed by atoms with E-state index in [4.69, 9.17) is 18.9 Å². The lowest BCUT2D eigenvalue weighted by molar-refractivity contribution is -0.914. The highest BCUT2D eigenvalue weighted by Gasteiger charge is 2.40. The fourth-order valence-corrected chi connectivity index (χ4v) is 3.71. The summed E-state index contributed by atoms with van der Waals surface area (Å²) in [5.74, 6) is 8.87. The molecule has 0 fully saturated rings. The number of rotatable bonds is 3. The van der Waals surface area contributed by atoms with Crippen molar-refractivity contribution >= 4 is 0 Å². The van der Waals surface area contributed by atoms with Crippen LogP contribution in [0.25, 0.3) is 0 Å². The van der Waals surface area contributed by atoms with Gasteiger partial charge in [-0.1, -0.05) is 5.92 Å². The van der Waals surface area contributed by atoms with Crippen LogP contribution in [0.2, 0.25) is 0 Å². The summed E-state index contributed by atoms with van der Waals surface area (Å²) in [5, 5.41) is 0.